The maximum Gasteiger partial charge on any atom is 0.254 e. The van der Waals surface area contributed by atoms with Gasteiger partial charge in [0.05, 0.1) is 17.2 Å². The number of aromatic nitrogens is 3. The third-order valence-corrected chi connectivity index (χ3v) is 6.22. The number of carbonyl (C=O) groups excluding carboxylic acids is 1. The maximum absolute atomic E-state index is 14.1. The van der Waals surface area contributed by atoms with Crippen LogP contribution in [0.25, 0.3) is 11.4 Å². The van der Waals surface area contributed by atoms with Crippen LogP contribution in [0.15, 0.2) is 48.9 Å². The number of amides is 1. The highest BCUT2D eigenvalue weighted by Crippen LogP contribution is 2.31. The summed E-state index contributed by atoms with van der Waals surface area (Å²) in [7, 11) is 0. The molecule has 1 fully saturated rings. The van der Waals surface area contributed by atoms with Crippen LogP contribution >= 0.6 is 11.6 Å². The number of hydrogen-bond acceptors (Lipinski definition) is 5. The van der Waals surface area contributed by atoms with E-state index < -0.39 is 5.82 Å². The molecule has 8 heteroatoms. The van der Waals surface area contributed by atoms with Gasteiger partial charge >= 0.3 is 0 Å². The van der Waals surface area contributed by atoms with Gasteiger partial charge in [-0.05, 0) is 44.4 Å². The average Bonchev–Trinajstić information content (AvgIpc) is 2.83. The number of pyridine rings is 1. The summed E-state index contributed by atoms with van der Waals surface area (Å²) >= 11 is 5.78. The fourth-order valence-corrected chi connectivity index (χ4v) is 4.60. The van der Waals surface area contributed by atoms with Crippen molar-refractivity contribution in [2.45, 2.75) is 39.2 Å². The van der Waals surface area contributed by atoms with E-state index in [0.29, 0.717) is 23.5 Å². The smallest absolute Gasteiger partial charge is 0.254 e. The van der Waals surface area contributed by atoms with E-state index in [-0.39, 0.29) is 35.4 Å². The molecule has 1 aromatic carbocycles. The Bertz CT molecular complexity index is 1130. The second-order valence-corrected chi connectivity index (χ2v) is 8.69. The van der Waals surface area contributed by atoms with E-state index in [0.717, 1.165) is 24.8 Å². The van der Waals surface area contributed by atoms with Crippen LogP contribution in [0.2, 0.25) is 5.02 Å². The second-order valence-electron chi connectivity index (χ2n) is 8.25. The standard InChI is InChI=1S/C25H26ClFN4O2/c1-3-22-17(15-33-24-21(27)13-18(26)14-30-24)6-4-11-31(22)25(32)20-12-16(2)7-8-19(20)23-28-9-5-10-29-23/h5,7-10,12-14,17,22H,3-4,6,11,15H2,1-2H3. The summed E-state index contributed by atoms with van der Waals surface area (Å²) in [6, 6.07) is 8.65. The Hall–Kier alpha value is -3.06. The Kier molecular flexibility index (Phi) is 7.18. The number of ether oxygens (including phenoxy) is 1. The molecule has 1 saturated heterocycles. The lowest BCUT2D eigenvalue weighted by Gasteiger charge is -2.41. The number of piperidine rings is 1. The highest BCUT2D eigenvalue weighted by molar-refractivity contribution is 6.30. The topological polar surface area (TPSA) is 68.2 Å². The molecule has 0 N–H and O–H groups in total. The highest BCUT2D eigenvalue weighted by Gasteiger charge is 2.35. The third kappa shape index (κ3) is 5.14. The Morgan fingerprint density at radius 1 is 1.24 bits per heavy atom. The zero-order valence-electron chi connectivity index (χ0n) is 18.7. The van der Waals surface area contributed by atoms with E-state index in [9.17, 15) is 9.18 Å². The van der Waals surface area contributed by atoms with Gasteiger partial charge < -0.3 is 9.64 Å². The van der Waals surface area contributed by atoms with Crippen LogP contribution in [0.3, 0.4) is 0 Å². The summed E-state index contributed by atoms with van der Waals surface area (Å²) in [5, 5.41) is 0.220. The van der Waals surface area contributed by atoms with Gasteiger partial charge in [0.1, 0.15) is 0 Å². The van der Waals surface area contributed by atoms with Gasteiger partial charge in [-0.2, -0.15) is 0 Å². The van der Waals surface area contributed by atoms with Crippen LogP contribution in [-0.4, -0.2) is 45.0 Å². The van der Waals surface area contributed by atoms with E-state index in [1.807, 2.05) is 30.0 Å². The van der Waals surface area contributed by atoms with E-state index in [1.165, 1.54) is 12.3 Å². The monoisotopic (exact) mass is 468 g/mol. The summed E-state index contributed by atoms with van der Waals surface area (Å²) in [6.45, 7) is 4.95. The molecule has 0 saturated carbocycles. The number of rotatable bonds is 6. The molecule has 3 aromatic rings. The minimum atomic E-state index is -0.591. The average molecular weight is 469 g/mol. The molecule has 3 heterocycles. The Labute approximate surface area is 197 Å². The summed E-state index contributed by atoms with van der Waals surface area (Å²) in [5.41, 5.74) is 2.30. The molecule has 4 rings (SSSR count). The van der Waals surface area contributed by atoms with Crippen molar-refractivity contribution in [3.05, 3.63) is 70.9 Å². The number of halogens is 2. The number of aryl methyl sites for hydroxylation is 1. The van der Waals surface area contributed by atoms with Crippen molar-refractivity contribution in [2.24, 2.45) is 5.92 Å². The first-order valence-corrected chi connectivity index (χ1v) is 11.5. The molecule has 172 valence electrons. The largest absolute Gasteiger partial charge is 0.475 e. The lowest BCUT2D eigenvalue weighted by molar-refractivity contribution is 0.0388. The SMILES string of the molecule is CCC1C(COc2ncc(Cl)cc2F)CCCN1C(=O)c1cc(C)ccc1-c1ncccn1. The normalized spacial score (nSPS) is 18.2. The molecule has 6 nitrogen and oxygen atoms in total. The van der Waals surface area contributed by atoms with Crippen LogP contribution in [0.4, 0.5) is 4.39 Å². The Balaban J connectivity index is 1.57. The van der Waals surface area contributed by atoms with Gasteiger partial charge in [0.2, 0.25) is 5.88 Å². The molecular weight excluding hydrogens is 443 g/mol. The minimum Gasteiger partial charge on any atom is -0.475 e. The molecule has 0 bridgehead atoms. The van der Waals surface area contributed by atoms with E-state index in [2.05, 4.69) is 21.9 Å². The number of benzene rings is 1. The van der Waals surface area contributed by atoms with Gasteiger partial charge in [-0.15, -0.1) is 0 Å². The molecule has 1 aliphatic rings. The van der Waals surface area contributed by atoms with E-state index >= 15 is 0 Å². The number of likely N-dealkylation sites (tertiary alicyclic amines) is 1. The molecule has 2 atom stereocenters. The van der Waals surface area contributed by atoms with E-state index in [1.54, 1.807) is 18.5 Å². The van der Waals surface area contributed by atoms with Gasteiger partial charge in [0.15, 0.2) is 11.6 Å². The van der Waals surface area contributed by atoms with Gasteiger partial charge in [-0.3, -0.25) is 4.79 Å². The number of nitrogens with zero attached hydrogens (tertiary/aromatic N) is 4. The fraction of sp³-hybridized carbons (Fsp3) is 0.360. The van der Waals surface area contributed by atoms with E-state index in [4.69, 9.17) is 16.3 Å². The molecule has 33 heavy (non-hydrogen) atoms. The Morgan fingerprint density at radius 3 is 2.76 bits per heavy atom. The maximum atomic E-state index is 14.1. The number of hydrogen-bond donors (Lipinski definition) is 0. The molecule has 2 aromatic heterocycles. The minimum absolute atomic E-state index is 0.0355. The van der Waals surface area contributed by atoms with Crippen molar-refractivity contribution >= 4 is 17.5 Å². The summed E-state index contributed by atoms with van der Waals surface area (Å²) < 4.78 is 19.8. The fourth-order valence-electron chi connectivity index (χ4n) is 4.45. The van der Waals surface area contributed by atoms with Crippen molar-refractivity contribution < 1.29 is 13.9 Å². The third-order valence-electron chi connectivity index (χ3n) is 6.02. The molecule has 2 unspecified atom stereocenters. The van der Waals surface area contributed by atoms with Crippen LogP contribution in [0.5, 0.6) is 5.88 Å². The van der Waals surface area contributed by atoms with Crippen LogP contribution in [0.1, 0.15) is 42.1 Å². The highest BCUT2D eigenvalue weighted by atomic mass is 35.5. The first-order valence-electron chi connectivity index (χ1n) is 11.1. The molecule has 1 amide bonds. The van der Waals surface area contributed by atoms with Crippen molar-refractivity contribution in [3.63, 3.8) is 0 Å². The molecule has 0 aliphatic carbocycles. The number of carbonyl (C=O) groups is 1. The van der Waals surface area contributed by atoms with Gasteiger partial charge in [0.25, 0.3) is 5.91 Å². The summed E-state index contributed by atoms with van der Waals surface area (Å²) in [6.07, 6.45) is 7.20. The summed E-state index contributed by atoms with van der Waals surface area (Å²) in [4.78, 5) is 28.3. The van der Waals surface area contributed by atoms with Crippen molar-refractivity contribution in [3.8, 4) is 17.3 Å². The quantitative estimate of drug-likeness (QED) is 0.487. The molecular formula is C25H26ClFN4O2. The van der Waals surface area contributed by atoms with Crippen LogP contribution in [0, 0.1) is 18.7 Å². The predicted molar refractivity (Wildman–Crippen MR) is 125 cm³/mol. The van der Waals surface area contributed by atoms with Crippen LogP contribution < -0.4 is 4.74 Å². The molecule has 0 spiro atoms. The first-order chi connectivity index (χ1) is 16.0. The lowest BCUT2D eigenvalue weighted by atomic mass is 9.87. The van der Waals surface area contributed by atoms with Gasteiger partial charge in [0, 0.05) is 42.7 Å². The van der Waals surface area contributed by atoms with Crippen molar-refractivity contribution in [1.82, 2.24) is 19.9 Å². The lowest BCUT2D eigenvalue weighted by Crippen LogP contribution is -2.49. The second kappa shape index (κ2) is 10.3. The summed E-state index contributed by atoms with van der Waals surface area (Å²) in [5.74, 6) is -0.124. The van der Waals surface area contributed by atoms with Gasteiger partial charge in [-0.1, -0.05) is 36.2 Å². The zero-order chi connectivity index (χ0) is 23.4. The Morgan fingerprint density at radius 2 is 2.03 bits per heavy atom. The predicted octanol–water partition coefficient (Wildman–Crippen LogP) is 5.35. The van der Waals surface area contributed by atoms with Crippen LogP contribution in [-0.2, 0) is 0 Å². The molecule has 0 radical (unpaired) electrons. The van der Waals surface area contributed by atoms with Crippen molar-refractivity contribution in [1.29, 1.82) is 0 Å². The van der Waals surface area contributed by atoms with Gasteiger partial charge in [-0.25, -0.2) is 19.3 Å². The van der Waals surface area contributed by atoms with Crippen molar-refractivity contribution in [2.75, 3.05) is 13.2 Å². The first kappa shape index (κ1) is 23.1. The zero-order valence-corrected chi connectivity index (χ0v) is 19.4. The molecule has 1 aliphatic heterocycles.